The van der Waals surface area contributed by atoms with Crippen LogP contribution in [0.2, 0.25) is 0 Å². The molecule has 0 N–H and O–H groups in total. The molecule has 116 heavy (non-hydrogen) atoms. The summed E-state index contributed by atoms with van der Waals surface area (Å²) in [4.78, 5) is 59.8. The van der Waals surface area contributed by atoms with E-state index in [0.29, 0.717) is 42.1 Å². The molecule has 5 aliphatic rings. The number of unbranched alkanes of at least 4 members (excludes halogenated alkanes) is 32. The number of aromatic nitrogens is 2. The van der Waals surface area contributed by atoms with Crippen LogP contribution in [-0.2, 0) is 9.59 Å². The van der Waals surface area contributed by atoms with Crippen LogP contribution in [-0.4, -0.2) is 61.7 Å². The van der Waals surface area contributed by atoms with E-state index < -0.39 is 0 Å². The Balaban J connectivity index is 0.888. The second-order valence-corrected chi connectivity index (χ2v) is 38.1. The Morgan fingerprint density at radius 3 is 1.21 bits per heavy atom. The van der Waals surface area contributed by atoms with Crippen LogP contribution in [0.3, 0.4) is 0 Å². The standard InChI is InChI=1S/C104H138N6O2S4/c1-5-9-13-17-21-25-27-31-35-43-55-81(53-41-33-29-23-19-15-11-7-3)79-107-99(95-77-105-101(115-95)93-75-73-91(113-93)83-65-69-89(70-66-83)109(85-57-45-37-46-58-85)86-59-47-38-48-60-86)97-98(103(107)111)100(108(104(97)112)80-82(54-42-34-30-24-20-16-12-8-4)56-44-36-32-28-26-22-18-14-10-6-2)96-78-106-102(116-96)94-76-74-92(114-94)84-67-71-90(72-68-84)110(87-61-49-39-50-62-87)88-63-51-40-52-64-88/h37-40,45-51,57-61,63,65-71,73-78,81-82,87,90H,5-36,41-44,52-56,62,64,72,79-80H2,1-4H3. The maximum atomic E-state index is 16.8. The largest absolute Gasteiger partial charge is 0.361 e. The molecule has 0 fully saturated rings. The van der Waals surface area contributed by atoms with E-state index in [1.165, 1.54) is 222 Å². The number of hydrogen-bond donors (Lipinski definition) is 0. The minimum Gasteiger partial charge on any atom is -0.361 e. The Morgan fingerprint density at radius 2 is 0.802 bits per heavy atom. The highest BCUT2D eigenvalue weighted by molar-refractivity contribution is 7.24. The first kappa shape index (κ1) is 88.1. The average molecular weight is 1630 g/mol. The predicted molar refractivity (Wildman–Crippen MR) is 503 cm³/mol. The molecule has 8 nitrogen and oxygen atoms in total. The van der Waals surface area contributed by atoms with Crippen molar-refractivity contribution in [2.45, 2.75) is 322 Å². The van der Waals surface area contributed by atoms with E-state index >= 15 is 9.59 Å². The van der Waals surface area contributed by atoms with Gasteiger partial charge in [-0.15, -0.1) is 45.3 Å². The summed E-state index contributed by atoms with van der Waals surface area (Å²) in [6.07, 6.45) is 81.9. The van der Waals surface area contributed by atoms with Crippen LogP contribution < -0.4 is 4.90 Å². The smallest absolute Gasteiger partial charge is 0.261 e. The van der Waals surface area contributed by atoms with Crippen molar-refractivity contribution in [3.05, 3.63) is 214 Å². The molecule has 4 unspecified atom stereocenters. The summed E-state index contributed by atoms with van der Waals surface area (Å²) in [6, 6.07) is 39.8. The Labute approximate surface area is 716 Å². The van der Waals surface area contributed by atoms with E-state index in [4.69, 9.17) is 9.97 Å². The summed E-state index contributed by atoms with van der Waals surface area (Å²) in [7, 11) is 0. The minimum absolute atomic E-state index is 0.0254. The number of nitrogens with zero attached hydrogens (tertiary/aromatic N) is 6. The first-order chi connectivity index (χ1) is 57.3. The normalized spacial score (nSPS) is 16.6. The topological polar surface area (TPSA) is 72.9 Å². The van der Waals surface area contributed by atoms with Crippen molar-refractivity contribution in [1.29, 1.82) is 0 Å². The summed E-state index contributed by atoms with van der Waals surface area (Å²) in [5, 5.41) is 1.83. The number of hydrogen-bond acceptors (Lipinski definition) is 10. The lowest BCUT2D eigenvalue weighted by atomic mass is 9.93. The zero-order chi connectivity index (χ0) is 80.1. The number of carbonyl (C=O) groups is 2. The third-order valence-corrected chi connectivity index (χ3v) is 29.5. The fourth-order valence-corrected chi connectivity index (χ4v) is 22.4. The molecule has 3 aliphatic carbocycles. The van der Waals surface area contributed by atoms with Crippen molar-refractivity contribution in [3.63, 3.8) is 0 Å². The monoisotopic (exact) mass is 1630 g/mol. The Morgan fingerprint density at radius 1 is 0.397 bits per heavy atom. The number of anilines is 3. The van der Waals surface area contributed by atoms with Gasteiger partial charge in [-0.1, -0.05) is 362 Å². The summed E-state index contributed by atoms with van der Waals surface area (Å²) in [5.41, 5.74) is 9.86. The molecule has 620 valence electrons. The molecule has 2 amide bonds. The van der Waals surface area contributed by atoms with Gasteiger partial charge in [-0.25, -0.2) is 9.97 Å². The van der Waals surface area contributed by atoms with Crippen molar-refractivity contribution in [1.82, 2.24) is 24.7 Å². The number of para-hydroxylation sites is 2. The van der Waals surface area contributed by atoms with Crippen LogP contribution in [0.15, 0.2) is 199 Å². The maximum Gasteiger partial charge on any atom is 0.261 e. The van der Waals surface area contributed by atoms with Crippen LogP contribution in [0.25, 0.3) is 47.2 Å². The number of rotatable bonds is 56. The number of benzene rings is 3. The van der Waals surface area contributed by atoms with Gasteiger partial charge < -0.3 is 19.6 Å². The first-order valence-corrected chi connectivity index (χ1v) is 49.7. The van der Waals surface area contributed by atoms with Gasteiger partial charge in [-0.2, -0.15) is 0 Å². The molecule has 0 spiro atoms. The number of thiophene rings is 2. The first-order valence-electron chi connectivity index (χ1n) is 46.4. The van der Waals surface area contributed by atoms with E-state index in [0.717, 1.165) is 145 Å². The molecular weight excluding hydrogens is 1490 g/mol. The molecule has 4 aromatic heterocycles. The molecule has 12 heteroatoms. The van der Waals surface area contributed by atoms with Gasteiger partial charge in [0.05, 0.1) is 54.1 Å². The molecule has 12 rings (SSSR count). The fourth-order valence-electron chi connectivity index (χ4n) is 18.2. The highest BCUT2D eigenvalue weighted by atomic mass is 32.1. The molecule has 0 radical (unpaired) electrons. The quantitative estimate of drug-likeness (QED) is 0.0354. The predicted octanol–water partition coefficient (Wildman–Crippen LogP) is 32.0. The van der Waals surface area contributed by atoms with E-state index in [-0.39, 0.29) is 17.9 Å². The zero-order valence-corrected chi connectivity index (χ0v) is 74.6. The number of allylic oxidation sites excluding steroid dienone is 8. The van der Waals surface area contributed by atoms with Gasteiger partial charge in [-0.05, 0) is 141 Å². The van der Waals surface area contributed by atoms with Crippen LogP contribution in [0.4, 0.5) is 17.1 Å². The van der Waals surface area contributed by atoms with Crippen molar-refractivity contribution >= 4 is 91.2 Å². The molecule has 0 saturated carbocycles. The third kappa shape index (κ3) is 25.4. The molecular formula is C104H138N6O2S4. The Kier molecular flexibility index (Phi) is 37.0. The molecule has 3 aromatic carbocycles. The van der Waals surface area contributed by atoms with Gasteiger partial charge >= 0.3 is 0 Å². The number of amides is 2. The van der Waals surface area contributed by atoms with Gasteiger partial charge in [0.25, 0.3) is 11.8 Å². The van der Waals surface area contributed by atoms with E-state index in [2.05, 4.69) is 217 Å². The molecule has 2 aliphatic heterocycles. The average Bonchev–Trinajstić information content (AvgIpc) is 1.54. The fraction of sp³-hybridized carbons (Fsp3) is 0.519. The van der Waals surface area contributed by atoms with Crippen molar-refractivity contribution in [2.24, 2.45) is 11.8 Å². The van der Waals surface area contributed by atoms with Gasteiger partial charge in [0.15, 0.2) is 0 Å². The van der Waals surface area contributed by atoms with E-state index in [1.807, 2.05) is 12.4 Å². The summed E-state index contributed by atoms with van der Waals surface area (Å²) >= 11 is 6.88. The van der Waals surface area contributed by atoms with Gasteiger partial charge in [0.2, 0.25) is 0 Å². The summed E-state index contributed by atoms with van der Waals surface area (Å²) < 4.78 is 0. The van der Waals surface area contributed by atoms with Crippen LogP contribution in [0.5, 0.6) is 0 Å². The second kappa shape index (κ2) is 48.7. The molecule has 4 atom stereocenters. The van der Waals surface area contributed by atoms with Crippen molar-refractivity contribution in [3.8, 4) is 30.2 Å². The van der Waals surface area contributed by atoms with Crippen LogP contribution >= 0.6 is 45.3 Å². The lowest BCUT2D eigenvalue weighted by Crippen LogP contribution is -2.41. The van der Waals surface area contributed by atoms with Crippen LogP contribution in [0, 0.1) is 11.8 Å². The van der Waals surface area contributed by atoms with E-state index in [1.54, 1.807) is 45.3 Å². The van der Waals surface area contributed by atoms with E-state index in [9.17, 15) is 0 Å². The molecule has 7 aromatic rings. The zero-order valence-electron chi connectivity index (χ0n) is 71.3. The number of thiazole rings is 2. The number of carbonyl (C=O) groups excluding carboxylic acids is 2. The summed E-state index contributed by atoms with van der Waals surface area (Å²) in [6.45, 7) is 10.4. The molecule has 0 bridgehead atoms. The Bertz CT molecular complexity index is 4310. The third-order valence-electron chi connectivity index (χ3n) is 24.8. The lowest BCUT2D eigenvalue weighted by Gasteiger charge is -2.40. The molecule has 6 heterocycles. The minimum atomic E-state index is -0.0254. The second-order valence-electron chi connectivity index (χ2n) is 33.9. The highest BCUT2D eigenvalue weighted by Crippen LogP contribution is 2.52. The van der Waals surface area contributed by atoms with Gasteiger partial charge in [-0.3, -0.25) is 9.59 Å². The SMILES string of the molecule is CCCCCCCCCCCCC(CCCCCCCCCC)CN1C(=O)C2=C(c3cnc(-c4ccc(-c5ccc(N(c6ccccc6)c6ccccc6)cc5)s4)s3)N(CC(CCCCCCCCCC)CCCCCCCCCCCC)C(=O)C2=C1c1cnc(-c2ccc(C3=CCC(N(C4=CC=CCC4)C4C=CC=CC4)C=C3)s2)s1. The van der Waals surface area contributed by atoms with Crippen molar-refractivity contribution in [2.75, 3.05) is 18.0 Å². The lowest BCUT2D eigenvalue weighted by molar-refractivity contribution is -0.124. The summed E-state index contributed by atoms with van der Waals surface area (Å²) in [5.74, 6) is 0.537. The van der Waals surface area contributed by atoms with Crippen LogP contribution in [0.1, 0.15) is 325 Å². The highest BCUT2D eigenvalue weighted by Gasteiger charge is 2.50. The van der Waals surface area contributed by atoms with Gasteiger partial charge in [0, 0.05) is 58.0 Å². The van der Waals surface area contributed by atoms with Crippen molar-refractivity contribution < 1.29 is 9.59 Å². The molecule has 0 saturated heterocycles. The maximum absolute atomic E-state index is 16.8. The Hall–Kier alpha value is -7.22. The van der Waals surface area contributed by atoms with Gasteiger partial charge in [0.1, 0.15) is 10.0 Å². The number of fused-ring (bicyclic) bond motifs is 1.